The molecule has 6 nitrogen and oxygen atoms in total. The SMILES string of the molecule is COc1ccc(S(=O)(=O)N2CCc3ccc(NC(=O)c4ccc5ccccc5c4)cc3C2)cc1. The smallest absolute Gasteiger partial charge is 0.255 e. The van der Waals surface area contributed by atoms with Crippen molar-refractivity contribution in [2.45, 2.75) is 17.9 Å². The lowest BCUT2D eigenvalue weighted by atomic mass is 10.0. The number of benzene rings is 4. The van der Waals surface area contributed by atoms with Gasteiger partial charge in [0, 0.05) is 24.3 Å². The summed E-state index contributed by atoms with van der Waals surface area (Å²) in [6.07, 6.45) is 0.615. The van der Waals surface area contributed by atoms with Crippen LogP contribution in [0, 0.1) is 0 Å². The zero-order valence-electron chi connectivity index (χ0n) is 18.7. The first-order valence-corrected chi connectivity index (χ1v) is 12.4. The second-order valence-corrected chi connectivity index (χ2v) is 10.2. The number of rotatable bonds is 5. The molecule has 1 heterocycles. The number of fused-ring (bicyclic) bond motifs is 2. The molecule has 0 spiro atoms. The van der Waals surface area contributed by atoms with Gasteiger partial charge in [0.25, 0.3) is 5.91 Å². The highest BCUT2D eigenvalue weighted by Gasteiger charge is 2.28. The summed E-state index contributed by atoms with van der Waals surface area (Å²) in [6, 6.07) is 25.6. The van der Waals surface area contributed by atoms with Crippen LogP contribution >= 0.6 is 0 Å². The maximum Gasteiger partial charge on any atom is 0.255 e. The van der Waals surface area contributed by atoms with E-state index in [2.05, 4.69) is 5.32 Å². The third-order valence-corrected chi connectivity index (χ3v) is 8.01. The largest absolute Gasteiger partial charge is 0.497 e. The maximum absolute atomic E-state index is 13.2. The van der Waals surface area contributed by atoms with Gasteiger partial charge in [-0.15, -0.1) is 0 Å². The Kier molecular flexibility index (Phi) is 5.81. The summed E-state index contributed by atoms with van der Waals surface area (Å²) in [5.74, 6) is 0.402. The minimum absolute atomic E-state index is 0.204. The third-order valence-electron chi connectivity index (χ3n) is 6.15. The Morgan fingerprint density at radius 3 is 2.41 bits per heavy atom. The Bertz CT molecular complexity index is 1480. The number of hydrogen-bond acceptors (Lipinski definition) is 4. The summed E-state index contributed by atoms with van der Waals surface area (Å²) in [4.78, 5) is 13.1. The summed E-state index contributed by atoms with van der Waals surface area (Å²) in [6.45, 7) is 0.660. The number of nitrogens with zero attached hydrogens (tertiary/aromatic N) is 1. The molecule has 0 fully saturated rings. The van der Waals surface area contributed by atoms with Crippen LogP contribution in [0.3, 0.4) is 0 Å². The van der Waals surface area contributed by atoms with E-state index in [0.717, 1.165) is 21.9 Å². The van der Waals surface area contributed by atoms with E-state index in [4.69, 9.17) is 4.74 Å². The lowest BCUT2D eigenvalue weighted by Gasteiger charge is -2.28. The van der Waals surface area contributed by atoms with Gasteiger partial charge in [0.1, 0.15) is 5.75 Å². The van der Waals surface area contributed by atoms with Crippen LogP contribution in [0.5, 0.6) is 5.75 Å². The number of ether oxygens (including phenoxy) is 1. The second kappa shape index (κ2) is 8.93. The number of hydrogen-bond donors (Lipinski definition) is 1. The van der Waals surface area contributed by atoms with E-state index in [0.29, 0.717) is 30.0 Å². The number of methoxy groups -OCH3 is 1. The normalized spacial score (nSPS) is 13.9. The highest BCUT2D eigenvalue weighted by atomic mass is 32.2. The van der Waals surface area contributed by atoms with Gasteiger partial charge in [-0.1, -0.05) is 36.4 Å². The Morgan fingerprint density at radius 1 is 0.882 bits per heavy atom. The van der Waals surface area contributed by atoms with Crippen molar-refractivity contribution in [2.75, 3.05) is 19.0 Å². The monoisotopic (exact) mass is 472 g/mol. The van der Waals surface area contributed by atoms with Crippen molar-refractivity contribution in [1.82, 2.24) is 4.31 Å². The van der Waals surface area contributed by atoms with Gasteiger partial charge in [-0.2, -0.15) is 4.31 Å². The molecule has 1 aliphatic heterocycles. The Labute approximate surface area is 198 Å². The van der Waals surface area contributed by atoms with E-state index in [1.165, 1.54) is 4.31 Å². The molecule has 0 saturated heterocycles. The Morgan fingerprint density at radius 2 is 1.65 bits per heavy atom. The molecule has 4 aromatic carbocycles. The Hall–Kier alpha value is -3.68. The van der Waals surface area contributed by atoms with Crippen LogP contribution in [-0.2, 0) is 23.0 Å². The van der Waals surface area contributed by atoms with Crippen LogP contribution < -0.4 is 10.1 Å². The number of carbonyl (C=O) groups excluding carboxylic acids is 1. The molecule has 7 heteroatoms. The molecular weight excluding hydrogens is 448 g/mol. The fourth-order valence-corrected chi connectivity index (χ4v) is 5.66. The lowest BCUT2D eigenvalue weighted by molar-refractivity contribution is 0.102. The maximum atomic E-state index is 13.2. The molecule has 1 aliphatic rings. The van der Waals surface area contributed by atoms with E-state index in [9.17, 15) is 13.2 Å². The minimum atomic E-state index is -3.64. The van der Waals surface area contributed by atoms with Crippen LogP contribution in [0.15, 0.2) is 89.8 Å². The van der Waals surface area contributed by atoms with Crippen LogP contribution in [0.4, 0.5) is 5.69 Å². The van der Waals surface area contributed by atoms with Crippen LogP contribution in [-0.4, -0.2) is 32.3 Å². The van der Waals surface area contributed by atoms with E-state index in [-0.39, 0.29) is 17.3 Å². The van der Waals surface area contributed by atoms with E-state index >= 15 is 0 Å². The third kappa shape index (κ3) is 4.27. The molecule has 4 aromatic rings. The first-order valence-electron chi connectivity index (χ1n) is 11.0. The van der Waals surface area contributed by atoms with Crippen molar-refractivity contribution in [3.05, 3.63) is 102 Å². The lowest BCUT2D eigenvalue weighted by Crippen LogP contribution is -2.36. The quantitative estimate of drug-likeness (QED) is 0.451. The van der Waals surface area contributed by atoms with Crippen molar-refractivity contribution in [1.29, 1.82) is 0 Å². The first kappa shape index (κ1) is 22.1. The second-order valence-electron chi connectivity index (χ2n) is 8.26. The molecule has 0 aromatic heterocycles. The fourth-order valence-electron chi connectivity index (χ4n) is 4.24. The highest BCUT2D eigenvalue weighted by molar-refractivity contribution is 7.89. The Balaban J connectivity index is 1.35. The molecule has 172 valence electrons. The molecule has 1 N–H and O–H groups in total. The topological polar surface area (TPSA) is 75.7 Å². The van der Waals surface area contributed by atoms with Crippen molar-refractivity contribution >= 4 is 32.4 Å². The zero-order chi connectivity index (χ0) is 23.7. The number of amides is 1. The highest BCUT2D eigenvalue weighted by Crippen LogP contribution is 2.28. The summed E-state index contributed by atoms with van der Waals surface area (Å²) in [7, 11) is -2.10. The van der Waals surface area contributed by atoms with Gasteiger partial charge in [-0.05, 0) is 76.9 Å². The molecule has 34 heavy (non-hydrogen) atoms. The predicted molar refractivity (Wildman–Crippen MR) is 133 cm³/mol. The molecule has 0 bridgehead atoms. The standard InChI is InChI=1S/C27H24N2O4S/c1-33-25-10-12-26(13-11-25)34(31,32)29-15-14-20-8-9-24(17-23(20)18-29)28-27(30)22-7-6-19-4-2-3-5-21(19)16-22/h2-13,16-17H,14-15,18H2,1H3,(H,28,30). The zero-order valence-corrected chi connectivity index (χ0v) is 19.5. The van der Waals surface area contributed by atoms with Gasteiger partial charge in [0.2, 0.25) is 10.0 Å². The summed E-state index contributed by atoms with van der Waals surface area (Å²) < 4.78 is 32.9. The molecule has 1 amide bonds. The molecule has 0 saturated carbocycles. The van der Waals surface area contributed by atoms with Crippen LogP contribution in [0.25, 0.3) is 10.8 Å². The average Bonchev–Trinajstić information content (AvgIpc) is 2.88. The van der Waals surface area contributed by atoms with Crippen molar-refractivity contribution in [3.8, 4) is 5.75 Å². The van der Waals surface area contributed by atoms with Crippen molar-refractivity contribution in [3.63, 3.8) is 0 Å². The number of nitrogens with one attached hydrogen (secondary N) is 1. The summed E-state index contributed by atoms with van der Waals surface area (Å²) in [5, 5.41) is 5.03. The number of carbonyl (C=O) groups is 1. The van der Waals surface area contributed by atoms with Gasteiger partial charge in [-0.3, -0.25) is 4.79 Å². The molecular formula is C27H24N2O4S. The minimum Gasteiger partial charge on any atom is -0.497 e. The van der Waals surface area contributed by atoms with E-state index in [1.54, 1.807) is 37.4 Å². The van der Waals surface area contributed by atoms with Crippen molar-refractivity contribution in [2.24, 2.45) is 0 Å². The molecule has 0 radical (unpaired) electrons. The summed E-state index contributed by atoms with van der Waals surface area (Å²) >= 11 is 0. The predicted octanol–water partition coefficient (Wildman–Crippen LogP) is 4.85. The van der Waals surface area contributed by atoms with Crippen molar-refractivity contribution < 1.29 is 17.9 Å². The molecule has 5 rings (SSSR count). The van der Waals surface area contributed by atoms with Gasteiger partial charge < -0.3 is 10.1 Å². The van der Waals surface area contributed by atoms with Crippen LogP contribution in [0.2, 0.25) is 0 Å². The number of sulfonamides is 1. The average molecular weight is 473 g/mol. The van der Waals surface area contributed by atoms with E-state index in [1.807, 2.05) is 54.6 Å². The number of anilines is 1. The fraction of sp³-hybridized carbons (Fsp3) is 0.148. The van der Waals surface area contributed by atoms with Crippen LogP contribution in [0.1, 0.15) is 21.5 Å². The summed E-state index contributed by atoms with van der Waals surface area (Å²) in [5.41, 5.74) is 3.19. The van der Waals surface area contributed by atoms with Gasteiger partial charge >= 0.3 is 0 Å². The molecule has 0 aliphatic carbocycles. The van der Waals surface area contributed by atoms with Gasteiger partial charge in [0.05, 0.1) is 12.0 Å². The molecule has 0 atom stereocenters. The van der Waals surface area contributed by atoms with Gasteiger partial charge in [0.15, 0.2) is 0 Å². The first-order chi connectivity index (χ1) is 16.4. The van der Waals surface area contributed by atoms with Gasteiger partial charge in [-0.25, -0.2) is 8.42 Å². The van der Waals surface area contributed by atoms with E-state index < -0.39 is 10.0 Å². The molecule has 0 unspecified atom stereocenters.